The average molecular weight is 393 g/mol. The van der Waals surface area contributed by atoms with Crippen LogP contribution in [-0.2, 0) is 6.42 Å². The van der Waals surface area contributed by atoms with Gasteiger partial charge in [-0.3, -0.25) is 4.79 Å². The molecule has 0 spiro atoms. The lowest BCUT2D eigenvalue weighted by molar-refractivity contribution is 0.0932. The Bertz CT molecular complexity index is 1170. The predicted molar refractivity (Wildman–Crippen MR) is 106 cm³/mol. The molecule has 0 fully saturated rings. The standard InChI is InChI=1S/C20H17ClN6O/c21-13-7-8-17-16(10-13)15-5-2-6-18(19(15)23-17)24-20(28)12-3-1-4-14(9-12)27-11-22-25-26-27/h1,3-4,7-11,18,23H,2,5-6H2,(H,24,28)/t18-/m0/s1. The molecule has 1 aliphatic carbocycles. The lowest BCUT2D eigenvalue weighted by atomic mass is 9.91. The van der Waals surface area contributed by atoms with Crippen LogP contribution in [0.2, 0.25) is 5.02 Å². The fourth-order valence-electron chi connectivity index (χ4n) is 3.89. The summed E-state index contributed by atoms with van der Waals surface area (Å²) in [6, 6.07) is 13.1. The average Bonchev–Trinajstić information content (AvgIpc) is 3.37. The number of amides is 1. The van der Waals surface area contributed by atoms with Crippen LogP contribution >= 0.6 is 11.6 Å². The molecule has 28 heavy (non-hydrogen) atoms. The van der Waals surface area contributed by atoms with Gasteiger partial charge in [-0.2, -0.15) is 0 Å². The Hall–Kier alpha value is -3.19. The SMILES string of the molecule is O=C(N[C@H]1CCCc2c1[nH]c1ccc(Cl)cc21)c1cccc(-n2cnnn2)c1. The summed E-state index contributed by atoms with van der Waals surface area (Å²) in [7, 11) is 0. The molecule has 7 nitrogen and oxygen atoms in total. The minimum absolute atomic E-state index is 0.0564. The van der Waals surface area contributed by atoms with Gasteiger partial charge in [0, 0.05) is 27.2 Å². The van der Waals surface area contributed by atoms with Crippen molar-refractivity contribution in [2.75, 3.05) is 0 Å². The Morgan fingerprint density at radius 3 is 3.04 bits per heavy atom. The fraction of sp³-hybridized carbons (Fsp3) is 0.200. The molecule has 1 aliphatic rings. The first-order chi connectivity index (χ1) is 13.7. The Labute approximate surface area is 165 Å². The topological polar surface area (TPSA) is 88.5 Å². The number of aromatic nitrogens is 5. The van der Waals surface area contributed by atoms with E-state index < -0.39 is 0 Å². The number of fused-ring (bicyclic) bond motifs is 3. The molecule has 5 rings (SSSR count). The maximum Gasteiger partial charge on any atom is 0.251 e. The Morgan fingerprint density at radius 2 is 2.18 bits per heavy atom. The number of H-pyrrole nitrogens is 1. The van der Waals surface area contributed by atoms with E-state index in [0.29, 0.717) is 5.56 Å². The van der Waals surface area contributed by atoms with Crippen molar-refractivity contribution in [3.8, 4) is 5.69 Å². The second-order valence-electron chi connectivity index (χ2n) is 6.93. The number of nitrogens with one attached hydrogen (secondary N) is 2. The number of hydrogen-bond acceptors (Lipinski definition) is 4. The first-order valence-electron chi connectivity index (χ1n) is 9.13. The van der Waals surface area contributed by atoms with Crippen molar-refractivity contribution in [1.82, 2.24) is 30.5 Å². The maximum atomic E-state index is 12.9. The van der Waals surface area contributed by atoms with Gasteiger partial charge in [-0.1, -0.05) is 17.7 Å². The van der Waals surface area contributed by atoms with Gasteiger partial charge < -0.3 is 10.3 Å². The van der Waals surface area contributed by atoms with E-state index in [1.165, 1.54) is 16.6 Å². The van der Waals surface area contributed by atoms with Crippen molar-refractivity contribution in [3.63, 3.8) is 0 Å². The highest BCUT2D eigenvalue weighted by atomic mass is 35.5. The van der Waals surface area contributed by atoms with E-state index in [2.05, 4.69) is 25.8 Å². The molecule has 0 unspecified atom stereocenters. The molecule has 0 saturated carbocycles. The third-order valence-electron chi connectivity index (χ3n) is 5.20. The highest BCUT2D eigenvalue weighted by Crippen LogP contribution is 2.35. The molecule has 2 N–H and O–H groups in total. The van der Waals surface area contributed by atoms with Crippen LogP contribution in [0.15, 0.2) is 48.8 Å². The molecular formula is C20H17ClN6O. The Morgan fingerprint density at radius 1 is 1.25 bits per heavy atom. The first-order valence-corrected chi connectivity index (χ1v) is 9.51. The van der Waals surface area contributed by atoms with Crippen LogP contribution in [-0.4, -0.2) is 31.1 Å². The summed E-state index contributed by atoms with van der Waals surface area (Å²) in [5, 5.41) is 16.2. The molecular weight excluding hydrogens is 376 g/mol. The number of rotatable bonds is 3. The number of aryl methyl sites for hydroxylation is 1. The number of carbonyl (C=O) groups excluding carboxylic acids is 1. The molecule has 2 aromatic carbocycles. The third-order valence-corrected chi connectivity index (χ3v) is 5.43. The number of benzene rings is 2. The molecule has 140 valence electrons. The summed E-state index contributed by atoms with van der Waals surface area (Å²) in [4.78, 5) is 16.4. The number of tetrazole rings is 1. The molecule has 1 amide bonds. The zero-order valence-corrected chi connectivity index (χ0v) is 15.6. The van der Waals surface area contributed by atoms with E-state index in [4.69, 9.17) is 11.6 Å². The van der Waals surface area contributed by atoms with E-state index in [1.54, 1.807) is 12.1 Å². The monoisotopic (exact) mass is 392 g/mol. The van der Waals surface area contributed by atoms with E-state index in [0.717, 1.165) is 46.6 Å². The number of aromatic amines is 1. The van der Waals surface area contributed by atoms with Crippen LogP contribution in [0.3, 0.4) is 0 Å². The second-order valence-corrected chi connectivity index (χ2v) is 7.37. The number of halogens is 1. The molecule has 8 heteroatoms. The van der Waals surface area contributed by atoms with Gasteiger partial charge in [0.1, 0.15) is 6.33 Å². The minimum atomic E-state index is -0.121. The van der Waals surface area contributed by atoms with Crippen LogP contribution in [0.25, 0.3) is 16.6 Å². The van der Waals surface area contributed by atoms with Crippen molar-refractivity contribution < 1.29 is 4.79 Å². The van der Waals surface area contributed by atoms with Gasteiger partial charge in [0.25, 0.3) is 5.91 Å². The molecule has 4 aromatic rings. The van der Waals surface area contributed by atoms with Crippen LogP contribution < -0.4 is 5.32 Å². The molecule has 0 aliphatic heterocycles. The van der Waals surface area contributed by atoms with E-state index in [9.17, 15) is 4.79 Å². The molecule has 2 heterocycles. The van der Waals surface area contributed by atoms with Crippen molar-refractivity contribution in [3.05, 3.63) is 70.6 Å². The van der Waals surface area contributed by atoms with Crippen molar-refractivity contribution in [2.45, 2.75) is 25.3 Å². The smallest absolute Gasteiger partial charge is 0.251 e. The molecule has 0 radical (unpaired) electrons. The van der Waals surface area contributed by atoms with Crippen molar-refractivity contribution >= 4 is 28.4 Å². The van der Waals surface area contributed by atoms with E-state index in [1.807, 2.05) is 30.3 Å². The fourth-order valence-corrected chi connectivity index (χ4v) is 4.06. The number of hydrogen-bond donors (Lipinski definition) is 2. The summed E-state index contributed by atoms with van der Waals surface area (Å²) in [6.45, 7) is 0. The van der Waals surface area contributed by atoms with Gasteiger partial charge in [0.15, 0.2) is 0 Å². The lowest BCUT2D eigenvalue weighted by Gasteiger charge is -2.24. The van der Waals surface area contributed by atoms with Crippen molar-refractivity contribution in [1.29, 1.82) is 0 Å². The highest BCUT2D eigenvalue weighted by molar-refractivity contribution is 6.31. The van der Waals surface area contributed by atoms with Crippen LogP contribution in [0.5, 0.6) is 0 Å². The zero-order chi connectivity index (χ0) is 19.1. The largest absolute Gasteiger partial charge is 0.356 e. The van der Waals surface area contributed by atoms with Gasteiger partial charge in [0.05, 0.1) is 11.7 Å². The summed E-state index contributed by atoms with van der Waals surface area (Å²) in [6.07, 6.45) is 4.39. The molecule has 0 bridgehead atoms. The van der Waals surface area contributed by atoms with Crippen molar-refractivity contribution in [2.24, 2.45) is 0 Å². The summed E-state index contributed by atoms with van der Waals surface area (Å²) in [5.74, 6) is -0.121. The third kappa shape index (κ3) is 2.93. The van der Waals surface area contributed by atoms with Crippen LogP contribution in [0.4, 0.5) is 0 Å². The Balaban J connectivity index is 1.44. The molecule has 1 atom stereocenters. The van der Waals surface area contributed by atoms with E-state index in [-0.39, 0.29) is 11.9 Å². The highest BCUT2D eigenvalue weighted by Gasteiger charge is 2.26. The minimum Gasteiger partial charge on any atom is -0.356 e. The summed E-state index contributed by atoms with van der Waals surface area (Å²) in [5.41, 5.74) is 4.68. The quantitative estimate of drug-likeness (QED) is 0.557. The van der Waals surface area contributed by atoms with Gasteiger partial charge in [-0.15, -0.1) is 5.10 Å². The van der Waals surface area contributed by atoms with Gasteiger partial charge in [-0.25, -0.2) is 4.68 Å². The zero-order valence-electron chi connectivity index (χ0n) is 14.9. The Kier molecular flexibility index (Phi) is 4.09. The number of nitrogens with zero attached hydrogens (tertiary/aromatic N) is 4. The van der Waals surface area contributed by atoms with Gasteiger partial charge in [0.2, 0.25) is 0 Å². The second kappa shape index (κ2) is 6.76. The lowest BCUT2D eigenvalue weighted by Crippen LogP contribution is -2.31. The van der Waals surface area contributed by atoms with E-state index >= 15 is 0 Å². The van der Waals surface area contributed by atoms with Crippen LogP contribution in [0, 0.1) is 0 Å². The summed E-state index contributed by atoms with van der Waals surface area (Å²) < 4.78 is 1.52. The normalized spacial score (nSPS) is 16.1. The summed E-state index contributed by atoms with van der Waals surface area (Å²) >= 11 is 6.18. The molecule has 2 aromatic heterocycles. The van der Waals surface area contributed by atoms with Gasteiger partial charge in [-0.05, 0) is 71.7 Å². The molecule has 0 saturated heterocycles. The van der Waals surface area contributed by atoms with Crippen LogP contribution in [0.1, 0.15) is 40.5 Å². The number of carbonyl (C=O) groups is 1. The maximum absolute atomic E-state index is 12.9. The predicted octanol–water partition coefficient (Wildman–Crippen LogP) is 3.60. The van der Waals surface area contributed by atoms with Gasteiger partial charge >= 0.3 is 0 Å². The first kappa shape index (κ1) is 16.9.